The maximum Gasteiger partial charge on any atom is 0.338 e. The Balaban J connectivity index is 2.87. The summed E-state index contributed by atoms with van der Waals surface area (Å²) in [7, 11) is 0. The van der Waals surface area contributed by atoms with Crippen molar-refractivity contribution < 1.29 is 9.53 Å². The van der Waals surface area contributed by atoms with Crippen LogP contribution in [0.3, 0.4) is 0 Å². The molecule has 0 N–H and O–H groups in total. The second-order valence-corrected chi connectivity index (χ2v) is 4.87. The molecule has 98 valence electrons. The summed E-state index contributed by atoms with van der Waals surface area (Å²) in [5.74, 6) is 0.235. The van der Waals surface area contributed by atoms with E-state index >= 15 is 0 Å². The molecule has 0 saturated heterocycles. The van der Waals surface area contributed by atoms with Gasteiger partial charge in [-0.15, -0.1) is 0 Å². The van der Waals surface area contributed by atoms with E-state index in [1.54, 1.807) is 0 Å². The van der Waals surface area contributed by atoms with Crippen LogP contribution in [0, 0.1) is 5.92 Å². The molecule has 0 saturated carbocycles. The molecule has 1 aromatic rings. The Kier molecular flexibility index (Phi) is 5.63. The van der Waals surface area contributed by atoms with Gasteiger partial charge in [-0.25, -0.2) is 4.79 Å². The highest BCUT2D eigenvalue weighted by molar-refractivity contribution is 6.16. The lowest BCUT2D eigenvalue weighted by Crippen LogP contribution is -2.09. The van der Waals surface area contributed by atoms with Crippen LogP contribution in [-0.2, 0) is 16.0 Å². The minimum Gasteiger partial charge on any atom is -0.462 e. The highest BCUT2D eigenvalue weighted by Crippen LogP contribution is 2.21. The van der Waals surface area contributed by atoms with E-state index in [2.05, 4.69) is 20.4 Å². The Morgan fingerprint density at radius 3 is 2.61 bits per heavy atom. The van der Waals surface area contributed by atoms with E-state index in [9.17, 15) is 4.79 Å². The molecular weight excluding hydrogens is 224 g/mol. The van der Waals surface area contributed by atoms with Crippen molar-refractivity contribution in [3.05, 3.63) is 42.0 Å². The van der Waals surface area contributed by atoms with E-state index in [-0.39, 0.29) is 5.97 Å². The monoisotopic (exact) mass is 246 g/mol. The fraction of sp³-hybridized carbons (Fsp3) is 0.438. The number of esters is 1. The zero-order valence-electron chi connectivity index (χ0n) is 11.5. The first-order chi connectivity index (χ1) is 8.56. The molecule has 0 radical (unpaired) electrons. The topological polar surface area (TPSA) is 26.3 Å². The van der Waals surface area contributed by atoms with E-state index in [4.69, 9.17) is 4.74 Å². The van der Waals surface area contributed by atoms with Gasteiger partial charge in [0.15, 0.2) is 0 Å². The molecule has 0 atom stereocenters. The lowest BCUT2D eigenvalue weighted by molar-refractivity contribution is -0.136. The number of rotatable bonds is 6. The zero-order chi connectivity index (χ0) is 13.5. The van der Waals surface area contributed by atoms with Gasteiger partial charge in [-0.05, 0) is 29.9 Å². The van der Waals surface area contributed by atoms with Crippen molar-refractivity contribution >= 4 is 11.5 Å². The molecule has 0 amide bonds. The number of benzene rings is 1. The van der Waals surface area contributed by atoms with Crippen molar-refractivity contribution in [2.24, 2.45) is 5.92 Å². The maximum absolute atomic E-state index is 11.8. The lowest BCUT2D eigenvalue weighted by atomic mass is 9.94. The Morgan fingerprint density at radius 2 is 2.00 bits per heavy atom. The Bertz CT molecular complexity index is 419. The van der Waals surface area contributed by atoms with Gasteiger partial charge >= 0.3 is 5.97 Å². The van der Waals surface area contributed by atoms with Gasteiger partial charge in [0.25, 0.3) is 0 Å². The van der Waals surface area contributed by atoms with E-state index < -0.39 is 0 Å². The third-order valence-electron chi connectivity index (χ3n) is 2.65. The molecule has 18 heavy (non-hydrogen) atoms. The minimum atomic E-state index is -0.312. The van der Waals surface area contributed by atoms with Crippen LogP contribution >= 0.6 is 0 Å². The van der Waals surface area contributed by atoms with Crippen molar-refractivity contribution in [1.29, 1.82) is 0 Å². The third-order valence-corrected chi connectivity index (χ3v) is 2.65. The van der Waals surface area contributed by atoms with Gasteiger partial charge in [0.2, 0.25) is 0 Å². The van der Waals surface area contributed by atoms with Crippen LogP contribution in [0.5, 0.6) is 0 Å². The predicted octanol–water partition coefficient (Wildman–Crippen LogP) is 3.85. The average Bonchev–Trinajstić information content (AvgIpc) is 2.35. The van der Waals surface area contributed by atoms with Gasteiger partial charge in [0, 0.05) is 0 Å². The van der Waals surface area contributed by atoms with Crippen LogP contribution in [0.1, 0.15) is 38.3 Å². The lowest BCUT2D eigenvalue weighted by Gasteiger charge is -2.13. The fourth-order valence-electron chi connectivity index (χ4n) is 1.82. The first kappa shape index (κ1) is 14.5. The van der Waals surface area contributed by atoms with Crippen LogP contribution in [0.4, 0.5) is 0 Å². The van der Waals surface area contributed by atoms with Crippen LogP contribution in [0.2, 0.25) is 0 Å². The number of hydrogen-bond donors (Lipinski definition) is 0. The van der Waals surface area contributed by atoms with Crippen molar-refractivity contribution in [2.75, 3.05) is 6.61 Å². The van der Waals surface area contributed by atoms with Crippen molar-refractivity contribution in [2.45, 2.75) is 33.6 Å². The SMILES string of the molecule is C=C(C(=O)OCCC)c1ccccc1CC(C)C. The zero-order valence-corrected chi connectivity index (χ0v) is 11.5. The highest BCUT2D eigenvalue weighted by atomic mass is 16.5. The molecule has 0 aliphatic rings. The van der Waals surface area contributed by atoms with E-state index in [1.165, 1.54) is 0 Å². The van der Waals surface area contributed by atoms with Gasteiger partial charge in [-0.3, -0.25) is 0 Å². The molecule has 0 fully saturated rings. The second kappa shape index (κ2) is 7.00. The number of carbonyl (C=O) groups is 1. The summed E-state index contributed by atoms with van der Waals surface area (Å²) in [5, 5.41) is 0. The standard InChI is InChI=1S/C16H22O2/c1-5-10-18-16(17)13(4)15-9-7-6-8-14(15)11-12(2)3/h6-9,12H,4-5,10-11H2,1-3H3. The van der Waals surface area contributed by atoms with Gasteiger partial charge in [0.1, 0.15) is 0 Å². The number of hydrogen-bond acceptors (Lipinski definition) is 2. The molecule has 0 aromatic heterocycles. The molecule has 2 nitrogen and oxygen atoms in total. The summed E-state index contributed by atoms with van der Waals surface area (Å²) in [5.41, 5.74) is 2.53. The predicted molar refractivity (Wildman–Crippen MR) is 75.3 cm³/mol. The summed E-state index contributed by atoms with van der Waals surface area (Å²) in [6, 6.07) is 7.91. The average molecular weight is 246 g/mol. The van der Waals surface area contributed by atoms with Gasteiger partial charge < -0.3 is 4.74 Å². The first-order valence-corrected chi connectivity index (χ1v) is 6.50. The van der Waals surface area contributed by atoms with Crippen molar-refractivity contribution in [1.82, 2.24) is 0 Å². The quantitative estimate of drug-likeness (QED) is 0.563. The summed E-state index contributed by atoms with van der Waals surface area (Å²) in [4.78, 5) is 11.8. The van der Waals surface area contributed by atoms with Gasteiger partial charge in [-0.2, -0.15) is 0 Å². The van der Waals surface area contributed by atoms with Crippen molar-refractivity contribution in [3.8, 4) is 0 Å². The molecule has 0 heterocycles. The van der Waals surface area contributed by atoms with Crippen LogP contribution in [0.15, 0.2) is 30.8 Å². The molecule has 2 heteroatoms. The molecule has 0 unspecified atom stereocenters. The molecule has 0 spiro atoms. The summed E-state index contributed by atoms with van der Waals surface area (Å²) < 4.78 is 5.13. The molecule has 1 rings (SSSR count). The van der Waals surface area contributed by atoms with Crippen molar-refractivity contribution in [3.63, 3.8) is 0 Å². The number of ether oxygens (including phenoxy) is 1. The summed E-state index contributed by atoms with van der Waals surface area (Å²) >= 11 is 0. The summed E-state index contributed by atoms with van der Waals surface area (Å²) in [6.45, 7) is 10.6. The van der Waals surface area contributed by atoms with Gasteiger partial charge in [-0.1, -0.05) is 51.6 Å². The van der Waals surface area contributed by atoms with Gasteiger partial charge in [0.05, 0.1) is 12.2 Å². The molecule has 0 aliphatic heterocycles. The normalized spacial score (nSPS) is 10.4. The van der Waals surface area contributed by atoms with Crippen LogP contribution in [-0.4, -0.2) is 12.6 Å². The Hall–Kier alpha value is -1.57. The second-order valence-electron chi connectivity index (χ2n) is 4.87. The number of carbonyl (C=O) groups excluding carboxylic acids is 1. The van der Waals surface area contributed by atoms with E-state index in [1.807, 2.05) is 31.2 Å². The largest absolute Gasteiger partial charge is 0.462 e. The molecule has 0 aliphatic carbocycles. The van der Waals surface area contributed by atoms with E-state index in [0.717, 1.165) is 24.0 Å². The molecule has 1 aromatic carbocycles. The minimum absolute atomic E-state index is 0.312. The Labute approximate surface area is 110 Å². The maximum atomic E-state index is 11.8. The first-order valence-electron chi connectivity index (χ1n) is 6.50. The smallest absolute Gasteiger partial charge is 0.338 e. The third kappa shape index (κ3) is 4.02. The summed E-state index contributed by atoms with van der Waals surface area (Å²) in [6.07, 6.45) is 1.77. The molecular formula is C16H22O2. The van der Waals surface area contributed by atoms with Crippen LogP contribution in [0.25, 0.3) is 5.57 Å². The Morgan fingerprint density at radius 1 is 1.33 bits per heavy atom. The fourth-order valence-corrected chi connectivity index (χ4v) is 1.82. The van der Waals surface area contributed by atoms with Crippen LogP contribution < -0.4 is 0 Å². The highest BCUT2D eigenvalue weighted by Gasteiger charge is 2.14. The molecule has 0 bridgehead atoms. The van der Waals surface area contributed by atoms with E-state index in [0.29, 0.717) is 18.1 Å².